The Morgan fingerprint density at radius 2 is 0.568 bits per heavy atom. The van der Waals surface area contributed by atoms with E-state index in [-0.39, 0.29) is 0 Å². The van der Waals surface area contributed by atoms with E-state index in [1.807, 2.05) is 0 Å². The molecule has 452 valence electrons. The van der Waals surface area contributed by atoms with Crippen molar-refractivity contribution >= 4 is 0 Å². The summed E-state index contributed by atoms with van der Waals surface area (Å²) in [5, 5.41) is 0. The van der Waals surface area contributed by atoms with Crippen LogP contribution < -0.4 is 4.74 Å². The van der Waals surface area contributed by atoms with Crippen molar-refractivity contribution in [3.05, 3.63) is 106 Å². The highest BCUT2D eigenvalue weighted by Gasteiger charge is 2.28. The highest BCUT2D eigenvalue weighted by Crippen LogP contribution is 2.41. The molecular weight excluding hydrogens is 985 g/mol. The molecule has 2 heterocycles. The van der Waals surface area contributed by atoms with Crippen molar-refractivity contribution in [3.63, 3.8) is 0 Å². The van der Waals surface area contributed by atoms with Gasteiger partial charge < -0.3 is 4.74 Å². The van der Waals surface area contributed by atoms with E-state index in [0.717, 1.165) is 61.7 Å². The van der Waals surface area contributed by atoms with Gasteiger partial charge in [0.25, 0.3) is 0 Å². The number of rotatable bonds is 46. The van der Waals surface area contributed by atoms with Crippen LogP contribution in [0.5, 0.6) is 11.5 Å². The summed E-state index contributed by atoms with van der Waals surface area (Å²) in [6.45, 7) is 9.24. The number of hydrogen-bond donors (Lipinski definition) is 0. The summed E-state index contributed by atoms with van der Waals surface area (Å²) >= 11 is 0. The summed E-state index contributed by atoms with van der Waals surface area (Å²) in [5.41, 5.74) is 8.44. The second-order valence-corrected chi connectivity index (χ2v) is 26.3. The van der Waals surface area contributed by atoms with E-state index in [1.165, 1.54) is 303 Å². The molecule has 2 aromatic heterocycles. The number of aromatic nitrogens is 4. The van der Waals surface area contributed by atoms with E-state index in [0.29, 0.717) is 23.7 Å². The summed E-state index contributed by atoms with van der Waals surface area (Å²) in [5.74, 6) is 6.57. The largest absolute Gasteiger partial charge is 0.457 e. The van der Waals surface area contributed by atoms with Crippen LogP contribution in [0, 0.1) is 11.8 Å². The zero-order valence-electron chi connectivity index (χ0n) is 53.2. The first-order valence-corrected chi connectivity index (χ1v) is 35.6. The molecule has 81 heavy (non-hydrogen) atoms. The number of hydrogen-bond acceptors (Lipinski definition) is 5. The van der Waals surface area contributed by atoms with Gasteiger partial charge in [0.1, 0.15) is 23.1 Å². The van der Waals surface area contributed by atoms with Gasteiger partial charge in [-0.2, -0.15) is 0 Å². The molecule has 2 saturated carbocycles. The molecule has 5 heteroatoms. The van der Waals surface area contributed by atoms with E-state index in [9.17, 15) is 0 Å². The Balaban J connectivity index is 1.05. The lowest BCUT2D eigenvalue weighted by molar-refractivity contribution is 0.312. The van der Waals surface area contributed by atoms with Crippen molar-refractivity contribution in [2.45, 2.75) is 348 Å². The van der Waals surface area contributed by atoms with Crippen LogP contribution >= 0.6 is 0 Å². The lowest BCUT2D eigenvalue weighted by Gasteiger charge is -2.29. The fourth-order valence-electron chi connectivity index (χ4n) is 13.7. The maximum Gasteiger partial charge on any atom is 0.131 e. The molecule has 2 fully saturated rings. The summed E-state index contributed by atoms with van der Waals surface area (Å²) in [6, 6.07) is 14.6. The fraction of sp³-hybridized carbons (Fsp3) is 0.737. The third kappa shape index (κ3) is 27.3. The van der Waals surface area contributed by atoms with Gasteiger partial charge in [-0.05, 0) is 173 Å². The lowest BCUT2D eigenvalue weighted by Crippen LogP contribution is -2.18. The Labute approximate surface area is 499 Å². The Morgan fingerprint density at radius 3 is 0.852 bits per heavy atom. The molecule has 2 aromatic carbocycles. The van der Waals surface area contributed by atoms with E-state index in [2.05, 4.69) is 88.9 Å². The Bertz CT molecular complexity index is 2000. The van der Waals surface area contributed by atoms with Crippen LogP contribution in [-0.4, -0.2) is 19.9 Å². The van der Waals surface area contributed by atoms with Crippen molar-refractivity contribution in [3.8, 4) is 11.5 Å². The SMILES string of the molecule is CCCCCCCCCCCCc1cnc([C@H]2CC[C@H](Cc3cc(CCCCCCCCC)ccc3Oc3ccc(CCCCCCCCC)cc3C[C@H]3CC[C@H](c4ncc(CCCCCCCCCCCC)cn4)CC3)CC2)nc1. The minimum atomic E-state index is 0.473. The predicted molar refractivity (Wildman–Crippen MR) is 348 cm³/mol. The van der Waals surface area contributed by atoms with Gasteiger partial charge >= 0.3 is 0 Å². The first kappa shape index (κ1) is 66.5. The Morgan fingerprint density at radius 1 is 0.309 bits per heavy atom. The van der Waals surface area contributed by atoms with Gasteiger partial charge in [0.15, 0.2) is 0 Å². The van der Waals surface area contributed by atoms with E-state index in [1.54, 1.807) is 0 Å². The van der Waals surface area contributed by atoms with Gasteiger partial charge in [-0.15, -0.1) is 0 Å². The van der Waals surface area contributed by atoms with Crippen LogP contribution in [0.2, 0.25) is 0 Å². The third-order valence-corrected chi connectivity index (χ3v) is 19.1. The van der Waals surface area contributed by atoms with E-state index in [4.69, 9.17) is 24.7 Å². The van der Waals surface area contributed by atoms with Gasteiger partial charge in [0.05, 0.1) is 0 Å². The van der Waals surface area contributed by atoms with Crippen molar-refractivity contribution in [2.75, 3.05) is 0 Å². The van der Waals surface area contributed by atoms with Crippen molar-refractivity contribution < 1.29 is 4.74 Å². The molecule has 2 aliphatic rings. The smallest absolute Gasteiger partial charge is 0.131 e. The van der Waals surface area contributed by atoms with Crippen LogP contribution in [0.15, 0.2) is 61.2 Å². The molecule has 0 atom stereocenters. The monoisotopic (exact) mass is 1110 g/mol. The molecule has 0 bridgehead atoms. The van der Waals surface area contributed by atoms with Gasteiger partial charge in [-0.1, -0.05) is 245 Å². The van der Waals surface area contributed by atoms with Gasteiger partial charge in [0, 0.05) is 36.6 Å². The Kier molecular flexibility index (Phi) is 34.7. The molecule has 0 radical (unpaired) electrons. The standard InChI is InChI=1S/C76H122N4O/c1-5-9-13-17-21-23-25-29-33-37-41-67-59-77-75(78-60-67)69-49-43-65(44-50-69)57-71-55-63(39-35-31-27-19-15-11-7-3)47-53-73(71)81-74-54-48-64(40-36-32-28-20-16-12-8-4)56-72(74)58-66-45-51-70(52-46-66)76-79-61-68(62-80-76)42-38-34-30-26-24-22-18-14-10-6-2/h47-48,53-56,59-62,65-66,69-70H,5-46,49-52,57-58H2,1-4H3/t65-,66-,69-,70-. The average Bonchev–Trinajstić information content (AvgIpc) is 3.50. The number of benzene rings is 2. The number of unbranched alkanes of at least 4 members (excludes halogenated alkanes) is 30. The van der Waals surface area contributed by atoms with Crippen molar-refractivity contribution in [1.82, 2.24) is 19.9 Å². The molecule has 0 aliphatic heterocycles. The number of nitrogens with zero attached hydrogens (tertiary/aromatic N) is 4. The summed E-state index contributed by atoms with van der Waals surface area (Å²) < 4.78 is 7.30. The normalized spacial score (nSPS) is 17.5. The first-order chi connectivity index (χ1) is 40.0. The quantitative estimate of drug-likeness (QED) is 0.0413. The highest BCUT2D eigenvalue weighted by molar-refractivity contribution is 5.45. The van der Waals surface area contributed by atoms with E-state index >= 15 is 0 Å². The molecule has 5 nitrogen and oxygen atoms in total. The molecule has 2 aliphatic carbocycles. The maximum atomic E-state index is 7.30. The Hall–Kier alpha value is -3.60. The first-order valence-electron chi connectivity index (χ1n) is 35.6. The molecule has 4 aromatic rings. The lowest BCUT2D eigenvalue weighted by atomic mass is 9.78. The second-order valence-electron chi connectivity index (χ2n) is 26.3. The minimum absolute atomic E-state index is 0.473. The van der Waals surface area contributed by atoms with Crippen LogP contribution in [0.1, 0.15) is 354 Å². The summed E-state index contributed by atoms with van der Waals surface area (Å²) in [7, 11) is 0. The van der Waals surface area contributed by atoms with Crippen molar-refractivity contribution in [1.29, 1.82) is 0 Å². The molecule has 0 N–H and O–H groups in total. The molecule has 0 unspecified atom stereocenters. The fourth-order valence-corrected chi connectivity index (χ4v) is 13.7. The van der Waals surface area contributed by atoms with E-state index < -0.39 is 0 Å². The minimum Gasteiger partial charge on any atom is -0.457 e. The average molecular weight is 1110 g/mol. The summed E-state index contributed by atoms with van der Waals surface area (Å²) in [4.78, 5) is 20.0. The highest BCUT2D eigenvalue weighted by atomic mass is 16.5. The molecule has 6 rings (SSSR count). The number of ether oxygens (including phenoxy) is 1. The molecule has 0 amide bonds. The predicted octanol–water partition coefficient (Wildman–Crippen LogP) is 23.6. The van der Waals surface area contributed by atoms with Crippen LogP contribution in [0.3, 0.4) is 0 Å². The topological polar surface area (TPSA) is 60.8 Å². The maximum absolute atomic E-state index is 7.30. The molecular formula is C76H122N4O. The zero-order valence-corrected chi connectivity index (χ0v) is 53.2. The van der Waals surface area contributed by atoms with Crippen LogP contribution in [0.25, 0.3) is 0 Å². The van der Waals surface area contributed by atoms with Gasteiger partial charge in [0.2, 0.25) is 0 Å². The number of aryl methyl sites for hydroxylation is 4. The molecule has 0 saturated heterocycles. The van der Waals surface area contributed by atoms with Crippen LogP contribution in [-0.2, 0) is 38.5 Å². The van der Waals surface area contributed by atoms with Gasteiger partial charge in [-0.25, -0.2) is 19.9 Å². The van der Waals surface area contributed by atoms with Crippen molar-refractivity contribution in [2.24, 2.45) is 11.8 Å². The third-order valence-electron chi connectivity index (χ3n) is 19.1. The van der Waals surface area contributed by atoms with Gasteiger partial charge in [-0.3, -0.25) is 0 Å². The van der Waals surface area contributed by atoms with Crippen LogP contribution in [0.4, 0.5) is 0 Å². The second kappa shape index (κ2) is 42.2. The summed E-state index contributed by atoms with van der Waals surface area (Å²) in [6.07, 6.45) is 71.4. The zero-order chi connectivity index (χ0) is 56.6. The molecule has 0 spiro atoms.